The lowest BCUT2D eigenvalue weighted by Gasteiger charge is -2.44. The van der Waals surface area contributed by atoms with E-state index in [1.165, 1.54) is 60.1 Å². The Labute approximate surface area is 161 Å². The van der Waals surface area contributed by atoms with Crippen molar-refractivity contribution in [3.63, 3.8) is 0 Å². The predicted molar refractivity (Wildman–Crippen MR) is 113 cm³/mol. The molecule has 1 aliphatic heterocycles. The summed E-state index contributed by atoms with van der Waals surface area (Å²) in [6.45, 7) is 1.92. The van der Waals surface area contributed by atoms with Gasteiger partial charge in [-0.1, -0.05) is 61.4 Å². The van der Waals surface area contributed by atoms with Crippen LogP contribution in [-0.2, 0) is 0 Å². The molecule has 3 atom stereocenters. The summed E-state index contributed by atoms with van der Waals surface area (Å²) in [6, 6.07) is 20.1. The van der Waals surface area contributed by atoms with Gasteiger partial charge in [0.1, 0.15) is 0 Å². The van der Waals surface area contributed by atoms with Crippen molar-refractivity contribution in [2.45, 2.75) is 50.7 Å². The topological polar surface area (TPSA) is 23.5 Å². The molecule has 27 heavy (non-hydrogen) atoms. The number of likely N-dealkylation sites (tertiary alicyclic amines) is 1. The SMILES string of the molecule is OC(CN1CCCC2CCCCC21)c1ccc2ccc3ccccc3c2c1. The van der Waals surface area contributed by atoms with Gasteiger partial charge in [0.15, 0.2) is 0 Å². The summed E-state index contributed by atoms with van der Waals surface area (Å²) >= 11 is 0. The summed E-state index contributed by atoms with van der Waals surface area (Å²) in [7, 11) is 0. The van der Waals surface area contributed by atoms with Gasteiger partial charge < -0.3 is 5.11 Å². The number of aliphatic hydroxyl groups excluding tert-OH is 1. The van der Waals surface area contributed by atoms with Crippen LogP contribution in [0.15, 0.2) is 54.6 Å². The van der Waals surface area contributed by atoms with E-state index in [9.17, 15) is 5.11 Å². The van der Waals surface area contributed by atoms with Crippen LogP contribution in [0, 0.1) is 5.92 Å². The fraction of sp³-hybridized carbons (Fsp3) is 0.440. The first-order valence-electron chi connectivity index (χ1n) is 10.6. The first-order valence-corrected chi connectivity index (χ1v) is 10.6. The Morgan fingerprint density at radius 3 is 2.52 bits per heavy atom. The highest BCUT2D eigenvalue weighted by Crippen LogP contribution is 2.36. The highest BCUT2D eigenvalue weighted by molar-refractivity contribution is 6.07. The van der Waals surface area contributed by atoms with Gasteiger partial charge in [0.25, 0.3) is 0 Å². The van der Waals surface area contributed by atoms with Crippen molar-refractivity contribution in [3.8, 4) is 0 Å². The maximum Gasteiger partial charge on any atom is 0.0917 e. The molecule has 2 fully saturated rings. The molecule has 5 rings (SSSR count). The zero-order valence-corrected chi connectivity index (χ0v) is 16.0. The van der Waals surface area contributed by atoms with E-state index in [1.807, 2.05) is 0 Å². The van der Waals surface area contributed by atoms with E-state index >= 15 is 0 Å². The van der Waals surface area contributed by atoms with E-state index in [0.717, 1.165) is 24.6 Å². The molecule has 3 aromatic rings. The number of hydrogen-bond acceptors (Lipinski definition) is 2. The zero-order valence-electron chi connectivity index (χ0n) is 16.0. The third kappa shape index (κ3) is 3.26. The average molecular weight is 360 g/mol. The number of hydrogen-bond donors (Lipinski definition) is 1. The van der Waals surface area contributed by atoms with Crippen LogP contribution < -0.4 is 0 Å². The smallest absolute Gasteiger partial charge is 0.0917 e. The van der Waals surface area contributed by atoms with Crippen molar-refractivity contribution in [3.05, 3.63) is 60.2 Å². The Balaban J connectivity index is 1.43. The molecule has 1 saturated carbocycles. The summed E-state index contributed by atoms with van der Waals surface area (Å²) in [5, 5.41) is 16.1. The van der Waals surface area contributed by atoms with E-state index < -0.39 is 6.10 Å². The Hall–Kier alpha value is -1.90. The Morgan fingerprint density at radius 2 is 1.59 bits per heavy atom. The first-order chi connectivity index (χ1) is 13.3. The number of piperidine rings is 1. The molecule has 0 amide bonds. The summed E-state index contributed by atoms with van der Waals surface area (Å²) in [5.41, 5.74) is 1.05. The van der Waals surface area contributed by atoms with Gasteiger partial charge >= 0.3 is 0 Å². The average Bonchev–Trinajstić information content (AvgIpc) is 2.73. The van der Waals surface area contributed by atoms with Gasteiger partial charge in [-0.15, -0.1) is 0 Å². The second kappa shape index (κ2) is 7.26. The van der Waals surface area contributed by atoms with Gasteiger partial charge in [0.05, 0.1) is 6.10 Å². The molecule has 3 aromatic carbocycles. The number of rotatable bonds is 3. The quantitative estimate of drug-likeness (QED) is 0.608. The molecule has 0 bridgehead atoms. The number of nitrogens with zero attached hydrogens (tertiary/aromatic N) is 1. The van der Waals surface area contributed by atoms with Crippen molar-refractivity contribution < 1.29 is 5.11 Å². The summed E-state index contributed by atoms with van der Waals surface area (Å²) < 4.78 is 0. The minimum atomic E-state index is -0.408. The zero-order chi connectivity index (χ0) is 18.2. The van der Waals surface area contributed by atoms with Crippen molar-refractivity contribution in [2.75, 3.05) is 13.1 Å². The fourth-order valence-electron chi connectivity index (χ4n) is 5.51. The van der Waals surface area contributed by atoms with Gasteiger partial charge in [-0.2, -0.15) is 0 Å². The lowest BCUT2D eigenvalue weighted by atomic mass is 9.78. The molecule has 140 valence electrons. The highest BCUT2D eigenvalue weighted by Gasteiger charge is 2.33. The van der Waals surface area contributed by atoms with E-state index in [0.29, 0.717) is 6.04 Å². The van der Waals surface area contributed by atoms with Gasteiger partial charge in [-0.25, -0.2) is 0 Å². The number of β-amino-alcohol motifs (C(OH)–C–C–N with tert-alkyl or cyclic N) is 1. The molecule has 0 aromatic heterocycles. The maximum absolute atomic E-state index is 11.1. The molecular weight excluding hydrogens is 330 g/mol. The van der Waals surface area contributed by atoms with Gasteiger partial charge in [0.2, 0.25) is 0 Å². The minimum absolute atomic E-state index is 0.408. The number of fused-ring (bicyclic) bond motifs is 4. The van der Waals surface area contributed by atoms with Crippen molar-refractivity contribution in [1.82, 2.24) is 4.90 Å². The number of aliphatic hydroxyl groups is 1. The second-order valence-corrected chi connectivity index (χ2v) is 8.53. The normalized spacial score (nSPS) is 24.8. The summed E-state index contributed by atoms with van der Waals surface area (Å²) in [4.78, 5) is 2.59. The molecule has 2 aliphatic rings. The molecule has 0 radical (unpaired) electrons. The molecule has 1 saturated heterocycles. The molecule has 2 nitrogen and oxygen atoms in total. The highest BCUT2D eigenvalue weighted by atomic mass is 16.3. The predicted octanol–water partition coefficient (Wildman–Crippen LogP) is 5.68. The van der Waals surface area contributed by atoms with Crippen molar-refractivity contribution in [1.29, 1.82) is 0 Å². The minimum Gasteiger partial charge on any atom is -0.387 e. The van der Waals surface area contributed by atoms with E-state index in [2.05, 4.69) is 59.5 Å². The molecule has 2 heteroatoms. The van der Waals surface area contributed by atoms with Crippen LogP contribution in [-0.4, -0.2) is 29.1 Å². The van der Waals surface area contributed by atoms with Gasteiger partial charge in [-0.05, 0) is 71.3 Å². The second-order valence-electron chi connectivity index (χ2n) is 8.53. The molecule has 1 aliphatic carbocycles. The molecule has 1 heterocycles. The monoisotopic (exact) mass is 359 g/mol. The standard InChI is InChI=1S/C25H29NO/c27-25(17-26-15-5-8-20-7-2-4-10-24(20)26)21-14-13-19-12-11-18-6-1-3-9-22(18)23(19)16-21/h1,3,6,9,11-14,16,20,24-25,27H,2,4-5,7-8,10,15,17H2. The fourth-order valence-corrected chi connectivity index (χ4v) is 5.51. The third-order valence-corrected chi connectivity index (χ3v) is 6.92. The lowest BCUT2D eigenvalue weighted by molar-refractivity contribution is 0.0205. The first kappa shape index (κ1) is 17.2. The van der Waals surface area contributed by atoms with Crippen LogP contribution in [0.25, 0.3) is 21.5 Å². The lowest BCUT2D eigenvalue weighted by Crippen LogP contribution is -2.48. The van der Waals surface area contributed by atoms with Gasteiger partial charge in [-0.3, -0.25) is 4.90 Å². The van der Waals surface area contributed by atoms with Crippen LogP contribution in [0.2, 0.25) is 0 Å². The molecule has 3 unspecified atom stereocenters. The molecule has 1 N–H and O–H groups in total. The summed E-state index contributed by atoms with van der Waals surface area (Å²) in [5.74, 6) is 0.861. The largest absolute Gasteiger partial charge is 0.387 e. The van der Waals surface area contributed by atoms with E-state index in [1.54, 1.807) is 0 Å². The van der Waals surface area contributed by atoms with Gasteiger partial charge in [0, 0.05) is 12.6 Å². The Morgan fingerprint density at radius 1 is 0.852 bits per heavy atom. The van der Waals surface area contributed by atoms with Crippen LogP contribution in [0.5, 0.6) is 0 Å². The van der Waals surface area contributed by atoms with Crippen molar-refractivity contribution in [2.24, 2.45) is 5.92 Å². The maximum atomic E-state index is 11.1. The van der Waals surface area contributed by atoms with Crippen LogP contribution in [0.1, 0.15) is 50.2 Å². The van der Waals surface area contributed by atoms with E-state index in [4.69, 9.17) is 0 Å². The van der Waals surface area contributed by atoms with E-state index in [-0.39, 0.29) is 0 Å². The van der Waals surface area contributed by atoms with Crippen molar-refractivity contribution >= 4 is 21.5 Å². The van der Waals surface area contributed by atoms with Crippen LogP contribution in [0.3, 0.4) is 0 Å². The Bertz CT molecular complexity index is 947. The molecule has 0 spiro atoms. The number of benzene rings is 3. The summed E-state index contributed by atoms with van der Waals surface area (Å²) in [6.07, 6.45) is 7.73. The van der Waals surface area contributed by atoms with Crippen LogP contribution >= 0.6 is 0 Å². The third-order valence-electron chi connectivity index (χ3n) is 6.92. The Kier molecular flexibility index (Phi) is 4.63. The molecular formula is C25H29NO. The van der Waals surface area contributed by atoms with Crippen LogP contribution in [0.4, 0.5) is 0 Å².